The highest BCUT2D eigenvalue weighted by Gasteiger charge is 2.22. The van der Waals surface area contributed by atoms with Gasteiger partial charge in [-0.3, -0.25) is 4.79 Å². The Kier molecular flexibility index (Phi) is 5.44. The SMILES string of the molecule is C=C(C)CC(C(=O)OCC)C(C)C. The topological polar surface area (TPSA) is 26.3 Å². The minimum Gasteiger partial charge on any atom is -0.466 e. The second kappa shape index (κ2) is 5.79. The van der Waals surface area contributed by atoms with Crippen LogP contribution in [0, 0.1) is 11.8 Å². The highest BCUT2D eigenvalue weighted by atomic mass is 16.5. The zero-order valence-corrected chi connectivity index (χ0v) is 9.09. The molecule has 2 heteroatoms. The number of allylic oxidation sites excluding steroid dienone is 1. The average molecular weight is 184 g/mol. The molecule has 0 fully saturated rings. The van der Waals surface area contributed by atoms with Crippen LogP contribution in [0.5, 0.6) is 0 Å². The lowest BCUT2D eigenvalue weighted by molar-refractivity contribution is -0.149. The predicted molar refractivity (Wildman–Crippen MR) is 54.4 cm³/mol. The van der Waals surface area contributed by atoms with E-state index in [1.807, 2.05) is 27.7 Å². The van der Waals surface area contributed by atoms with E-state index in [4.69, 9.17) is 4.74 Å². The minimum absolute atomic E-state index is 0.0301. The first-order valence-corrected chi connectivity index (χ1v) is 4.80. The van der Waals surface area contributed by atoms with E-state index in [0.717, 1.165) is 12.0 Å². The zero-order valence-electron chi connectivity index (χ0n) is 9.09. The number of carbonyl (C=O) groups excluding carboxylic acids is 1. The van der Waals surface area contributed by atoms with Crippen molar-refractivity contribution in [3.05, 3.63) is 12.2 Å². The van der Waals surface area contributed by atoms with E-state index in [1.165, 1.54) is 0 Å². The standard InChI is InChI=1S/C11H20O2/c1-6-13-11(12)10(9(4)5)7-8(2)3/h9-10H,2,6-7H2,1,3-5H3. The number of carbonyl (C=O) groups is 1. The van der Waals surface area contributed by atoms with Crippen LogP contribution in [0.25, 0.3) is 0 Å². The number of hydrogen-bond donors (Lipinski definition) is 0. The van der Waals surface area contributed by atoms with E-state index in [1.54, 1.807) is 0 Å². The summed E-state index contributed by atoms with van der Waals surface area (Å²) in [7, 11) is 0. The average Bonchev–Trinajstić information content (AvgIpc) is 1.99. The second-order valence-electron chi connectivity index (χ2n) is 3.76. The summed E-state index contributed by atoms with van der Waals surface area (Å²) < 4.78 is 4.99. The quantitative estimate of drug-likeness (QED) is 0.485. The van der Waals surface area contributed by atoms with Gasteiger partial charge in [-0.1, -0.05) is 19.4 Å². The van der Waals surface area contributed by atoms with Crippen LogP contribution in [0.4, 0.5) is 0 Å². The molecule has 0 aliphatic heterocycles. The van der Waals surface area contributed by atoms with Crippen LogP contribution in [-0.4, -0.2) is 12.6 Å². The van der Waals surface area contributed by atoms with E-state index in [2.05, 4.69) is 6.58 Å². The summed E-state index contributed by atoms with van der Waals surface area (Å²) in [6.07, 6.45) is 0.733. The summed E-state index contributed by atoms with van der Waals surface area (Å²) in [5.74, 6) is 0.189. The van der Waals surface area contributed by atoms with Gasteiger partial charge in [0.15, 0.2) is 0 Å². The number of ether oxygens (including phenoxy) is 1. The Hall–Kier alpha value is -0.790. The van der Waals surface area contributed by atoms with Gasteiger partial charge in [-0.05, 0) is 26.2 Å². The van der Waals surface area contributed by atoms with Crippen LogP contribution in [0.2, 0.25) is 0 Å². The molecule has 0 aromatic rings. The van der Waals surface area contributed by atoms with Crippen LogP contribution in [0.1, 0.15) is 34.1 Å². The predicted octanol–water partition coefficient (Wildman–Crippen LogP) is 2.79. The van der Waals surface area contributed by atoms with Gasteiger partial charge in [0.2, 0.25) is 0 Å². The summed E-state index contributed by atoms with van der Waals surface area (Å²) in [5.41, 5.74) is 1.03. The lowest BCUT2D eigenvalue weighted by Crippen LogP contribution is -2.23. The van der Waals surface area contributed by atoms with Crippen molar-refractivity contribution in [1.29, 1.82) is 0 Å². The van der Waals surface area contributed by atoms with Gasteiger partial charge >= 0.3 is 5.97 Å². The van der Waals surface area contributed by atoms with E-state index in [-0.39, 0.29) is 11.9 Å². The van der Waals surface area contributed by atoms with Crippen LogP contribution in [0.15, 0.2) is 12.2 Å². The monoisotopic (exact) mass is 184 g/mol. The highest BCUT2D eigenvalue weighted by molar-refractivity contribution is 5.73. The van der Waals surface area contributed by atoms with Gasteiger partial charge in [0.05, 0.1) is 12.5 Å². The van der Waals surface area contributed by atoms with Gasteiger partial charge in [-0.2, -0.15) is 0 Å². The van der Waals surface area contributed by atoms with Crippen molar-refractivity contribution in [1.82, 2.24) is 0 Å². The Morgan fingerprint density at radius 3 is 2.31 bits per heavy atom. The zero-order chi connectivity index (χ0) is 10.4. The van der Waals surface area contributed by atoms with Gasteiger partial charge < -0.3 is 4.74 Å². The second-order valence-corrected chi connectivity index (χ2v) is 3.76. The van der Waals surface area contributed by atoms with Crippen molar-refractivity contribution in [2.24, 2.45) is 11.8 Å². The van der Waals surface area contributed by atoms with E-state index < -0.39 is 0 Å². The number of esters is 1. The molecule has 1 atom stereocenters. The van der Waals surface area contributed by atoms with Gasteiger partial charge in [-0.15, -0.1) is 6.58 Å². The maximum absolute atomic E-state index is 11.5. The molecule has 13 heavy (non-hydrogen) atoms. The molecule has 0 aromatic carbocycles. The fourth-order valence-electron chi connectivity index (χ4n) is 1.22. The largest absolute Gasteiger partial charge is 0.466 e. The van der Waals surface area contributed by atoms with Crippen LogP contribution < -0.4 is 0 Å². The molecule has 76 valence electrons. The van der Waals surface area contributed by atoms with Crippen molar-refractivity contribution < 1.29 is 9.53 Å². The Morgan fingerprint density at radius 2 is 2.00 bits per heavy atom. The molecule has 0 aliphatic rings. The van der Waals surface area contributed by atoms with Gasteiger partial charge in [0.1, 0.15) is 0 Å². The minimum atomic E-state index is -0.0968. The van der Waals surface area contributed by atoms with E-state index in [9.17, 15) is 4.79 Å². The summed E-state index contributed by atoms with van der Waals surface area (Å²) in [4.78, 5) is 11.5. The first-order chi connectivity index (χ1) is 5.99. The fourth-order valence-corrected chi connectivity index (χ4v) is 1.22. The summed E-state index contributed by atoms with van der Waals surface area (Å²) in [6, 6.07) is 0. The van der Waals surface area contributed by atoms with Crippen molar-refractivity contribution in [3.8, 4) is 0 Å². The molecule has 2 nitrogen and oxygen atoms in total. The van der Waals surface area contributed by atoms with Crippen LogP contribution >= 0.6 is 0 Å². The molecule has 0 N–H and O–H groups in total. The van der Waals surface area contributed by atoms with Gasteiger partial charge in [0, 0.05) is 0 Å². The maximum Gasteiger partial charge on any atom is 0.309 e. The molecule has 1 unspecified atom stereocenters. The van der Waals surface area contributed by atoms with Crippen LogP contribution in [-0.2, 0) is 9.53 Å². The third kappa shape index (κ3) is 4.71. The molecule has 0 saturated heterocycles. The molecule has 0 rings (SSSR count). The Morgan fingerprint density at radius 1 is 1.46 bits per heavy atom. The van der Waals surface area contributed by atoms with Gasteiger partial charge in [-0.25, -0.2) is 0 Å². The lowest BCUT2D eigenvalue weighted by atomic mass is 9.90. The highest BCUT2D eigenvalue weighted by Crippen LogP contribution is 2.20. The van der Waals surface area contributed by atoms with Crippen molar-refractivity contribution in [2.75, 3.05) is 6.61 Å². The molecule has 0 aliphatic carbocycles. The first-order valence-electron chi connectivity index (χ1n) is 4.80. The molecule has 0 radical (unpaired) electrons. The van der Waals surface area contributed by atoms with E-state index >= 15 is 0 Å². The Bertz CT molecular complexity index is 183. The van der Waals surface area contributed by atoms with Crippen LogP contribution in [0.3, 0.4) is 0 Å². The maximum atomic E-state index is 11.5. The molecule has 0 amide bonds. The van der Waals surface area contributed by atoms with Crippen molar-refractivity contribution in [2.45, 2.75) is 34.1 Å². The summed E-state index contributed by atoms with van der Waals surface area (Å²) >= 11 is 0. The van der Waals surface area contributed by atoms with Gasteiger partial charge in [0.25, 0.3) is 0 Å². The van der Waals surface area contributed by atoms with E-state index in [0.29, 0.717) is 12.5 Å². The molecular weight excluding hydrogens is 164 g/mol. The molecule has 0 saturated carbocycles. The Labute approximate surface area is 81.0 Å². The third-order valence-electron chi connectivity index (χ3n) is 1.96. The van der Waals surface area contributed by atoms with Crippen molar-refractivity contribution >= 4 is 5.97 Å². The first kappa shape index (κ1) is 12.2. The van der Waals surface area contributed by atoms with Crippen molar-refractivity contribution in [3.63, 3.8) is 0 Å². The third-order valence-corrected chi connectivity index (χ3v) is 1.96. The summed E-state index contributed by atoms with van der Waals surface area (Å²) in [5, 5.41) is 0. The molecule has 0 bridgehead atoms. The Balaban J connectivity index is 4.24. The smallest absolute Gasteiger partial charge is 0.309 e. The fraction of sp³-hybridized carbons (Fsp3) is 0.727. The number of hydrogen-bond acceptors (Lipinski definition) is 2. The molecule has 0 spiro atoms. The summed E-state index contributed by atoms with van der Waals surface area (Å²) in [6.45, 7) is 12.1. The normalized spacial score (nSPS) is 12.7. The molecule has 0 aromatic heterocycles. The lowest BCUT2D eigenvalue weighted by Gasteiger charge is -2.18. The molecule has 0 heterocycles. The molecular formula is C11H20O2. The number of rotatable bonds is 5.